The lowest BCUT2D eigenvalue weighted by molar-refractivity contribution is -0.146. The number of hydrogen-bond acceptors (Lipinski definition) is 4. The highest BCUT2D eigenvalue weighted by Gasteiger charge is 2.40. The number of thiazole rings is 1. The molecule has 1 saturated heterocycles. The van der Waals surface area contributed by atoms with E-state index < -0.39 is 17.9 Å². The van der Waals surface area contributed by atoms with E-state index >= 15 is 0 Å². The molecule has 0 saturated carbocycles. The van der Waals surface area contributed by atoms with Crippen molar-refractivity contribution in [1.29, 1.82) is 0 Å². The number of carbonyl (C=O) groups excluding carboxylic acids is 1. The molecule has 2 heterocycles. The van der Waals surface area contributed by atoms with Gasteiger partial charge >= 0.3 is 5.97 Å². The van der Waals surface area contributed by atoms with E-state index in [0.29, 0.717) is 31.7 Å². The zero-order valence-corrected chi connectivity index (χ0v) is 12.6. The number of aliphatic carboxylic acids is 1. The van der Waals surface area contributed by atoms with Crippen LogP contribution in [0.5, 0.6) is 0 Å². The van der Waals surface area contributed by atoms with Crippen molar-refractivity contribution < 1.29 is 14.7 Å². The van der Waals surface area contributed by atoms with E-state index in [9.17, 15) is 14.7 Å². The lowest BCUT2D eigenvalue weighted by atomic mass is 9.94. The molecule has 110 valence electrons. The molecule has 5 nitrogen and oxygen atoms in total. The minimum absolute atomic E-state index is 0.0441. The molecule has 2 rings (SSSR count). The number of carbonyl (C=O) groups is 2. The summed E-state index contributed by atoms with van der Waals surface area (Å²) < 4.78 is 0. The molecule has 20 heavy (non-hydrogen) atoms. The van der Waals surface area contributed by atoms with Gasteiger partial charge in [-0.1, -0.05) is 13.8 Å². The molecule has 1 amide bonds. The van der Waals surface area contributed by atoms with Crippen LogP contribution in [-0.4, -0.2) is 33.4 Å². The Bertz CT molecular complexity index is 473. The van der Waals surface area contributed by atoms with E-state index in [-0.39, 0.29) is 5.91 Å². The molecule has 1 aromatic heterocycles. The average molecular weight is 296 g/mol. The van der Waals surface area contributed by atoms with Crippen LogP contribution in [0.15, 0.2) is 11.6 Å². The Labute approximate surface area is 122 Å². The van der Waals surface area contributed by atoms with Crippen LogP contribution in [0.1, 0.15) is 44.2 Å². The van der Waals surface area contributed by atoms with E-state index in [0.717, 1.165) is 5.01 Å². The van der Waals surface area contributed by atoms with Crippen molar-refractivity contribution in [2.45, 2.75) is 39.2 Å². The molecule has 1 aliphatic rings. The second-order valence-electron chi connectivity index (χ2n) is 5.59. The number of nitrogens with zero attached hydrogens (tertiary/aromatic N) is 2. The number of hydrogen-bond donors (Lipinski definition) is 1. The zero-order valence-electron chi connectivity index (χ0n) is 11.8. The number of amides is 1. The molecule has 2 unspecified atom stereocenters. The van der Waals surface area contributed by atoms with Crippen LogP contribution in [0.3, 0.4) is 0 Å². The van der Waals surface area contributed by atoms with Gasteiger partial charge in [0.1, 0.15) is 5.01 Å². The molecule has 0 spiro atoms. The fourth-order valence-corrected chi connectivity index (χ4v) is 3.51. The summed E-state index contributed by atoms with van der Waals surface area (Å²) in [4.78, 5) is 29.9. The van der Waals surface area contributed by atoms with Crippen LogP contribution < -0.4 is 0 Å². The van der Waals surface area contributed by atoms with Crippen molar-refractivity contribution >= 4 is 23.2 Å². The monoisotopic (exact) mass is 296 g/mol. The first-order valence-electron chi connectivity index (χ1n) is 6.92. The quantitative estimate of drug-likeness (QED) is 0.927. The molecule has 1 aliphatic heterocycles. The van der Waals surface area contributed by atoms with Gasteiger partial charge in [-0.3, -0.25) is 9.59 Å². The van der Waals surface area contributed by atoms with Gasteiger partial charge < -0.3 is 10.0 Å². The predicted molar refractivity (Wildman–Crippen MR) is 76.4 cm³/mol. The number of carboxylic acid groups (broad SMARTS) is 1. The average Bonchev–Trinajstić information content (AvgIpc) is 2.83. The van der Waals surface area contributed by atoms with Gasteiger partial charge in [-0.05, 0) is 18.8 Å². The smallest absolute Gasteiger partial charge is 0.309 e. The van der Waals surface area contributed by atoms with Crippen LogP contribution in [0, 0.1) is 11.8 Å². The third-order valence-electron chi connectivity index (χ3n) is 3.53. The van der Waals surface area contributed by atoms with E-state index in [4.69, 9.17) is 0 Å². The minimum Gasteiger partial charge on any atom is -0.481 e. The van der Waals surface area contributed by atoms with Gasteiger partial charge in [0.05, 0.1) is 12.0 Å². The van der Waals surface area contributed by atoms with Gasteiger partial charge in [-0.15, -0.1) is 11.3 Å². The summed E-state index contributed by atoms with van der Waals surface area (Å²) in [5.74, 6) is -1.06. The van der Waals surface area contributed by atoms with Gasteiger partial charge in [0, 0.05) is 24.5 Å². The van der Waals surface area contributed by atoms with Crippen LogP contribution in [0.4, 0.5) is 0 Å². The van der Waals surface area contributed by atoms with Crippen molar-refractivity contribution in [1.82, 2.24) is 9.88 Å². The van der Waals surface area contributed by atoms with Gasteiger partial charge in [-0.2, -0.15) is 0 Å². The molecule has 0 aromatic carbocycles. The third kappa shape index (κ3) is 3.17. The fraction of sp³-hybridized carbons (Fsp3) is 0.643. The van der Waals surface area contributed by atoms with Crippen molar-refractivity contribution in [2.75, 3.05) is 6.54 Å². The molecular formula is C14H20N2O3S. The number of likely N-dealkylation sites (tertiary alicyclic amines) is 1. The Morgan fingerprint density at radius 3 is 2.90 bits per heavy atom. The molecule has 1 fully saturated rings. The van der Waals surface area contributed by atoms with Gasteiger partial charge in [0.15, 0.2) is 0 Å². The topological polar surface area (TPSA) is 70.5 Å². The van der Waals surface area contributed by atoms with Crippen molar-refractivity contribution in [2.24, 2.45) is 11.8 Å². The predicted octanol–water partition coefficient (Wildman–Crippen LogP) is 2.55. The van der Waals surface area contributed by atoms with E-state index in [1.54, 1.807) is 11.1 Å². The molecular weight excluding hydrogens is 276 g/mol. The fourth-order valence-electron chi connectivity index (χ4n) is 2.70. The summed E-state index contributed by atoms with van der Waals surface area (Å²) in [5.41, 5.74) is 0. The maximum atomic E-state index is 12.3. The van der Waals surface area contributed by atoms with Crippen molar-refractivity contribution in [3.63, 3.8) is 0 Å². The summed E-state index contributed by atoms with van der Waals surface area (Å²) in [5, 5.41) is 12.1. The Hall–Kier alpha value is -1.43. The van der Waals surface area contributed by atoms with E-state index in [1.807, 2.05) is 19.2 Å². The van der Waals surface area contributed by atoms with Gasteiger partial charge in [0.2, 0.25) is 5.91 Å². The van der Waals surface area contributed by atoms with Crippen LogP contribution >= 0.6 is 11.3 Å². The largest absolute Gasteiger partial charge is 0.481 e. The van der Waals surface area contributed by atoms with E-state index in [1.165, 1.54) is 11.3 Å². The second-order valence-corrected chi connectivity index (χ2v) is 6.52. The number of aromatic nitrogens is 1. The highest BCUT2D eigenvalue weighted by Crippen LogP contribution is 2.37. The van der Waals surface area contributed by atoms with Gasteiger partial charge in [0.25, 0.3) is 0 Å². The molecule has 0 bridgehead atoms. The van der Waals surface area contributed by atoms with Crippen LogP contribution in [0.2, 0.25) is 0 Å². The van der Waals surface area contributed by atoms with Crippen LogP contribution in [-0.2, 0) is 9.59 Å². The van der Waals surface area contributed by atoms with Crippen molar-refractivity contribution in [3.8, 4) is 0 Å². The molecule has 6 heteroatoms. The summed E-state index contributed by atoms with van der Waals surface area (Å²) >= 11 is 1.42. The Balaban J connectivity index is 2.40. The lowest BCUT2D eigenvalue weighted by Gasteiger charge is -2.33. The second kappa shape index (κ2) is 6.35. The maximum Gasteiger partial charge on any atom is 0.309 e. The van der Waals surface area contributed by atoms with Crippen molar-refractivity contribution in [3.05, 3.63) is 16.6 Å². The highest BCUT2D eigenvalue weighted by atomic mass is 32.1. The first kappa shape index (κ1) is 15.0. The first-order valence-corrected chi connectivity index (χ1v) is 7.80. The normalized spacial score (nSPS) is 23.9. The molecule has 1 N–H and O–H groups in total. The summed E-state index contributed by atoms with van der Waals surface area (Å²) in [6.45, 7) is 4.65. The molecule has 0 aliphatic carbocycles. The Morgan fingerprint density at radius 1 is 1.60 bits per heavy atom. The molecule has 2 atom stereocenters. The summed E-state index contributed by atoms with van der Waals surface area (Å²) in [6, 6.07) is -0.426. The first-order chi connectivity index (χ1) is 9.50. The Morgan fingerprint density at radius 2 is 2.35 bits per heavy atom. The number of carboxylic acids is 1. The Kier molecular flexibility index (Phi) is 4.75. The summed E-state index contributed by atoms with van der Waals surface area (Å²) in [6.07, 6.45) is 3.26. The van der Waals surface area contributed by atoms with E-state index in [2.05, 4.69) is 4.98 Å². The SMILES string of the molecule is CC(C)CN1C(=O)CCCC(C(=O)O)C1c1nccs1. The minimum atomic E-state index is -0.839. The standard InChI is InChI=1S/C14H20N2O3S/c1-9(2)8-16-11(17)5-3-4-10(14(18)19)12(16)13-15-6-7-20-13/h6-7,9-10,12H,3-5,8H2,1-2H3,(H,18,19). The van der Waals surface area contributed by atoms with Gasteiger partial charge in [-0.25, -0.2) is 4.98 Å². The third-order valence-corrected chi connectivity index (χ3v) is 4.37. The highest BCUT2D eigenvalue weighted by molar-refractivity contribution is 7.09. The van der Waals surface area contributed by atoms with Crippen LogP contribution in [0.25, 0.3) is 0 Å². The molecule has 1 aromatic rings. The maximum absolute atomic E-state index is 12.3. The molecule has 0 radical (unpaired) electrons. The summed E-state index contributed by atoms with van der Waals surface area (Å²) in [7, 11) is 0. The number of rotatable bonds is 4. The zero-order chi connectivity index (χ0) is 14.7. The lowest BCUT2D eigenvalue weighted by Crippen LogP contribution is -2.41.